The molecule has 3 atom stereocenters. The van der Waals surface area contributed by atoms with Crippen molar-refractivity contribution < 1.29 is 44.9 Å². The molecule has 0 aromatic rings. The summed E-state index contributed by atoms with van der Waals surface area (Å²) in [5.74, 6) is 0.494. The van der Waals surface area contributed by atoms with E-state index in [1.54, 1.807) is 0 Å². The molecule has 0 aromatic heterocycles. The van der Waals surface area contributed by atoms with Crippen molar-refractivity contribution in [2.75, 3.05) is 38.9 Å². The Morgan fingerprint density at radius 1 is 0.786 bits per heavy atom. The average Bonchev–Trinajstić information content (AvgIpc) is 3.63. The summed E-state index contributed by atoms with van der Waals surface area (Å²) in [5, 5.41) is 0. The summed E-state index contributed by atoms with van der Waals surface area (Å²) in [5.41, 5.74) is 0. The van der Waals surface area contributed by atoms with Gasteiger partial charge in [-0.15, -0.1) is 0 Å². The van der Waals surface area contributed by atoms with Gasteiger partial charge in [0.25, 0.3) is 0 Å². The second-order valence-corrected chi connectivity index (χ2v) is 13.1. The van der Waals surface area contributed by atoms with Crippen molar-refractivity contribution in [1.29, 1.82) is 0 Å². The van der Waals surface area contributed by atoms with Gasteiger partial charge in [0.05, 0.1) is 0 Å². The number of hydrogen-bond acceptors (Lipinski definition) is 5. The molecule has 28 heavy (non-hydrogen) atoms. The summed E-state index contributed by atoms with van der Waals surface area (Å²) in [6.45, 7) is 3.82. The molecule has 2 aliphatic heterocycles. The molecule has 5 nitrogen and oxygen atoms in total. The molecule has 2 aliphatic carbocycles. The Morgan fingerprint density at radius 2 is 1.32 bits per heavy atom. The van der Waals surface area contributed by atoms with Gasteiger partial charge in [-0.05, 0) is 0 Å². The standard InChI is InChI=1S/C21H35ClIO5/c22-9-19(26-12-21-14-28-21)10-24-17-5-1-15(2-6-17)23-16-3-7-18(8-4-16)25-11-20-13-27-20/h15-21H,1-14H2/q-1. The number of epoxide rings is 2. The van der Waals surface area contributed by atoms with Crippen molar-refractivity contribution in [3.63, 3.8) is 0 Å². The minimum absolute atomic E-state index is 0.0000966. The third-order valence-corrected chi connectivity index (χ3v) is 11.0. The van der Waals surface area contributed by atoms with Gasteiger partial charge in [-0.1, -0.05) is 0 Å². The van der Waals surface area contributed by atoms with Crippen LogP contribution in [0.5, 0.6) is 0 Å². The molecule has 2 saturated heterocycles. The second-order valence-electron chi connectivity index (χ2n) is 8.56. The summed E-state index contributed by atoms with van der Waals surface area (Å²) in [6, 6.07) is 0. The van der Waals surface area contributed by atoms with Crippen LogP contribution in [-0.4, -0.2) is 77.3 Å². The van der Waals surface area contributed by atoms with E-state index in [0.29, 0.717) is 64.7 Å². The first-order valence-corrected chi connectivity index (χ1v) is 14.1. The van der Waals surface area contributed by atoms with Crippen LogP contribution in [0.4, 0.5) is 0 Å². The molecule has 0 amide bonds. The summed E-state index contributed by atoms with van der Waals surface area (Å²) in [4.78, 5) is 0. The van der Waals surface area contributed by atoms with E-state index >= 15 is 0 Å². The monoisotopic (exact) mass is 529 g/mol. The van der Waals surface area contributed by atoms with E-state index in [1.165, 1.54) is 51.4 Å². The summed E-state index contributed by atoms with van der Waals surface area (Å²) >= 11 is 6.32. The van der Waals surface area contributed by atoms with Crippen LogP contribution in [0.15, 0.2) is 0 Å². The number of ether oxygens (including phenoxy) is 5. The Bertz CT molecular complexity index is 446. The van der Waals surface area contributed by atoms with Crippen molar-refractivity contribution >= 4 is 11.6 Å². The summed E-state index contributed by atoms with van der Waals surface area (Å²) in [7, 11) is 0. The van der Waals surface area contributed by atoms with Crippen LogP contribution in [-0.2, 0) is 23.7 Å². The molecular formula is C21H35ClIO5-. The maximum atomic E-state index is 6.13. The number of alkyl halides is 3. The molecule has 4 fully saturated rings. The zero-order valence-corrected chi connectivity index (χ0v) is 19.7. The van der Waals surface area contributed by atoms with E-state index in [1.807, 2.05) is 0 Å². The molecule has 0 N–H and O–H groups in total. The van der Waals surface area contributed by atoms with Crippen LogP contribution in [0.25, 0.3) is 0 Å². The van der Waals surface area contributed by atoms with Crippen molar-refractivity contribution in [3.8, 4) is 0 Å². The Labute approximate surface area is 184 Å². The third kappa shape index (κ3) is 7.82. The maximum absolute atomic E-state index is 6.13. The Balaban J connectivity index is 1.05. The molecule has 4 rings (SSSR count). The predicted molar refractivity (Wildman–Crippen MR) is 104 cm³/mol. The number of rotatable bonds is 12. The van der Waals surface area contributed by atoms with Crippen LogP contribution >= 0.6 is 11.6 Å². The van der Waals surface area contributed by atoms with Gasteiger partial charge < -0.3 is 0 Å². The van der Waals surface area contributed by atoms with Crippen molar-refractivity contribution in [2.24, 2.45) is 0 Å². The van der Waals surface area contributed by atoms with Gasteiger partial charge in [0.15, 0.2) is 0 Å². The van der Waals surface area contributed by atoms with Crippen LogP contribution < -0.4 is 21.2 Å². The molecular weight excluding hydrogens is 495 g/mol. The van der Waals surface area contributed by atoms with Crippen LogP contribution in [0.3, 0.4) is 0 Å². The summed E-state index contributed by atoms with van der Waals surface area (Å²) in [6.07, 6.45) is 12.0. The Kier molecular flexibility index (Phi) is 9.00. The van der Waals surface area contributed by atoms with E-state index in [0.717, 1.165) is 27.7 Å². The van der Waals surface area contributed by atoms with Crippen LogP contribution in [0.2, 0.25) is 0 Å². The number of hydrogen-bond donors (Lipinski definition) is 0. The molecule has 0 aromatic carbocycles. The zero-order valence-electron chi connectivity index (χ0n) is 16.7. The van der Waals surface area contributed by atoms with Gasteiger partial charge in [0, 0.05) is 0 Å². The van der Waals surface area contributed by atoms with Gasteiger partial charge in [-0.3, -0.25) is 0 Å². The number of halogens is 2. The molecule has 0 bridgehead atoms. The second kappa shape index (κ2) is 11.4. The normalized spacial score (nSPS) is 39.0. The molecule has 164 valence electrons. The summed E-state index contributed by atoms with van der Waals surface area (Å²) < 4.78 is 30.3. The quantitative estimate of drug-likeness (QED) is 0.205. The van der Waals surface area contributed by atoms with Gasteiger partial charge >= 0.3 is 185 Å². The van der Waals surface area contributed by atoms with Gasteiger partial charge in [0.1, 0.15) is 0 Å². The van der Waals surface area contributed by atoms with Crippen molar-refractivity contribution in [3.05, 3.63) is 0 Å². The van der Waals surface area contributed by atoms with Gasteiger partial charge in [0.2, 0.25) is 0 Å². The zero-order chi connectivity index (χ0) is 19.2. The SMILES string of the molecule is ClCC(COC1CCC([I-]C2CCC(OCC3CO3)CC2)CC1)OCC1CO1. The van der Waals surface area contributed by atoms with E-state index in [9.17, 15) is 0 Å². The first-order valence-electron chi connectivity index (χ1n) is 11.0. The first kappa shape index (κ1) is 22.0. The third-order valence-electron chi connectivity index (χ3n) is 6.09. The van der Waals surface area contributed by atoms with Gasteiger partial charge in [-0.2, -0.15) is 0 Å². The van der Waals surface area contributed by atoms with Crippen molar-refractivity contribution in [2.45, 2.75) is 89.7 Å². The molecule has 4 aliphatic rings. The van der Waals surface area contributed by atoms with E-state index < -0.39 is 0 Å². The Morgan fingerprint density at radius 3 is 1.86 bits per heavy atom. The average molecular weight is 530 g/mol. The fourth-order valence-corrected chi connectivity index (χ4v) is 8.57. The molecule has 7 heteroatoms. The fourth-order valence-electron chi connectivity index (χ4n) is 4.08. The molecule has 0 spiro atoms. The van der Waals surface area contributed by atoms with E-state index in [2.05, 4.69) is 0 Å². The van der Waals surface area contributed by atoms with Gasteiger partial charge in [-0.25, -0.2) is 0 Å². The molecule has 3 unspecified atom stereocenters. The topological polar surface area (TPSA) is 52.8 Å². The van der Waals surface area contributed by atoms with Crippen molar-refractivity contribution in [1.82, 2.24) is 0 Å². The predicted octanol–water partition coefficient (Wildman–Crippen LogP) is 0.153. The fraction of sp³-hybridized carbons (Fsp3) is 1.00. The Hall–Kier alpha value is 0.820. The van der Waals surface area contributed by atoms with Crippen LogP contribution in [0, 0.1) is 0 Å². The van der Waals surface area contributed by atoms with E-state index in [4.69, 9.17) is 35.3 Å². The van der Waals surface area contributed by atoms with Crippen LogP contribution in [0.1, 0.15) is 51.4 Å². The minimum atomic E-state index is -0.0000966. The molecule has 2 heterocycles. The molecule has 2 saturated carbocycles. The molecule has 0 radical (unpaired) electrons. The van der Waals surface area contributed by atoms with E-state index in [-0.39, 0.29) is 6.10 Å². The first-order chi connectivity index (χ1) is 13.8.